The molecule has 1 aliphatic rings. The van der Waals surface area contributed by atoms with E-state index in [2.05, 4.69) is 5.16 Å². The van der Waals surface area contributed by atoms with E-state index < -0.39 is 38.2 Å². The fourth-order valence-corrected chi connectivity index (χ4v) is 5.29. The zero-order valence-corrected chi connectivity index (χ0v) is 16.1. The van der Waals surface area contributed by atoms with E-state index in [1.165, 1.54) is 11.1 Å². The van der Waals surface area contributed by atoms with Gasteiger partial charge >= 0.3 is 0 Å². The Hall–Kier alpha value is -0.850. The third-order valence-corrected chi connectivity index (χ3v) is 6.64. The average Bonchev–Trinajstić information content (AvgIpc) is 2.97. The SMILES string of the molecule is CN1OC(C)(C)CC1S(=O)(=O)Cc1noc2c(F)c(F)c(I)cc12. The normalized spacial score (nSPS) is 21.7. The van der Waals surface area contributed by atoms with Crippen LogP contribution in [0.5, 0.6) is 0 Å². The highest BCUT2D eigenvalue weighted by atomic mass is 127. The van der Waals surface area contributed by atoms with Gasteiger partial charge in [-0.3, -0.25) is 4.84 Å². The number of halogens is 3. The molecule has 1 atom stereocenters. The molecule has 2 heterocycles. The molecule has 1 aliphatic heterocycles. The molecule has 0 radical (unpaired) electrons. The Morgan fingerprint density at radius 3 is 2.67 bits per heavy atom. The minimum Gasteiger partial charge on any atom is -0.353 e. The minimum absolute atomic E-state index is 0.0295. The Morgan fingerprint density at radius 2 is 2.08 bits per heavy atom. The topological polar surface area (TPSA) is 72.6 Å². The van der Waals surface area contributed by atoms with Crippen LogP contribution < -0.4 is 0 Å². The summed E-state index contributed by atoms with van der Waals surface area (Å²) in [4.78, 5) is 5.51. The van der Waals surface area contributed by atoms with Crippen molar-refractivity contribution in [3.63, 3.8) is 0 Å². The molecule has 24 heavy (non-hydrogen) atoms. The summed E-state index contributed by atoms with van der Waals surface area (Å²) >= 11 is 1.63. The molecule has 1 aromatic carbocycles. The Bertz CT molecular complexity index is 913. The number of hydrogen-bond donors (Lipinski definition) is 0. The second-order valence-corrected chi connectivity index (χ2v) is 9.68. The van der Waals surface area contributed by atoms with E-state index in [9.17, 15) is 17.2 Å². The predicted octanol–water partition coefficient (Wildman–Crippen LogP) is 3.00. The van der Waals surface area contributed by atoms with Crippen molar-refractivity contribution >= 4 is 43.4 Å². The van der Waals surface area contributed by atoms with E-state index in [1.807, 2.05) is 0 Å². The van der Waals surface area contributed by atoms with Gasteiger partial charge in [0.15, 0.2) is 15.7 Å². The first-order chi connectivity index (χ1) is 11.0. The largest absolute Gasteiger partial charge is 0.353 e. The first-order valence-electron chi connectivity index (χ1n) is 7.07. The molecule has 0 bridgehead atoms. The molecule has 1 unspecified atom stereocenters. The monoisotopic (exact) mass is 472 g/mol. The van der Waals surface area contributed by atoms with E-state index in [4.69, 9.17) is 9.36 Å². The summed E-state index contributed by atoms with van der Waals surface area (Å²) in [5, 5.41) is 4.25. The Balaban J connectivity index is 1.98. The van der Waals surface area contributed by atoms with Gasteiger partial charge in [0.2, 0.25) is 11.4 Å². The van der Waals surface area contributed by atoms with Crippen LogP contribution in [0.4, 0.5) is 8.78 Å². The maximum absolute atomic E-state index is 13.9. The van der Waals surface area contributed by atoms with Crippen molar-refractivity contribution in [1.82, 2.24) is 10.2 Å². The Morgan fingerprint density at radius 1 is 1.42 bits per heavy atom. The van der Waals surface area contributed by atoms with Crippen molar-refractivity contribution in [2.75, 3.05) is 7.05 Å². The van der Waals surface area contributed by atoms with Gasteiger partial charge in [0.25, 0.3) is 0 Å². The Kier molecular flexibility index (Phi) is 4.38. The highest BCUT2D eigenvalue weighted by molar-refractivity contribution is 14.1. The number of fused-ring (bicyclic) bond motifs is 1. The second kappa shape index (κ2) is 5.85. The molecule has 1 saturated heterocycles. The maximum atomic E-state index is 13.9. The summed E-state index contributed by atoms with van der Waals surface area (Å²) in [6.07, 6.45) is 0.294. The smallest absolute Gasteiger partial charge is 0.205 e. The molecule has 6 nitrogen and oxygen atoms in total. The number of benzene rings is 1. The standard InChI is InChI=1S/C14H15F2IN2O4S/c1-14(2)5-10(19(3)23-14)24(20,21)6-9-7-4-8(17)11(15)12(16)13(7)22-18-9/h4,10H,5-6H2,1-3H3. The van der Waals surface area contributed by atoms with Crippen LogP contribution in [0, 0.1) is 15.2 Å². The first kappa shape index (κ1) is 18.0. The summed E-state index contributed by atoms with van der Waals surface area (Å²) in [6.45, 7) is 3.59. The van der Waals surface area contributed by atoms with E-state index in [0.29, 0.717) is 6.42 Å². The van der Waals surface area contributed by atoms with Gasteiger partial charge in [0.1, 0.15) is 11.1 Å². The van der Waals surface area contributed by atoms with Crippen molar-refractivity contribution in [2.45, 2.75) is 37.0 Å². The van der Waals surface area contributed by atoms with Crippen LogP contribution >= 0.6 is 22.6 Å². The molecular weight excluding hydrogens is 457 g/mol. The fourth-order valence-electron chi connectivity index (χ4n) is 2.81. The lowest BCUT2D eigenvalue weighted by atomic mass is 10.1. The van der Waals surface area contributed by atoms with Crippen LogP contribution in [0.2, 0.25) is 0 Å². The number of nitrogens with zero attached hydrogens (tertiary/aromatic N) is 2. The third kappa shape index (κ3) is 3.04. The first-order valence-corrected chi connectivity index (χ1v) is 9.86. The number of hydrogen-bond acceptors (Lipinski definition) is 6. The van der Waals surface area contributed by atoms with Crippen molar-refractivity contribution in [1.29, 1.82) is 0 Å². The van der Waals surface area contributed by atoms with E-state index in [0.717, 1.165) is 0 Å². The van der Waals surface area contributed by atoms with Gasteiger partial charge in [-0.05, 0) is 42.5 Å². The Labute approximate surface area is 151 Å². The molecule has 1 fully saturated rings. The number of sulfone groups is 1. The van der Waals surface area contributed by atoms with Gasteiger partial charge in [0, 0.05) is 13.5 Å². The second-order valence-electron chi connectivity index (χ2n) is 6.36. The highest BCUT2D eigenvalue weighted by Gasteiger charge is 2.44. The maximum Gasteiger partial charge on any atom is 0.205 e. The van der Waals surface area contributed by atoms with Gasteiger partial charge in [-0.1, -0.05) is 5.16 Å². The summed E-state index contributed by atoms with van der Waals surface area (Å²) in [7, 11) is -2.12. The van der Waals surface area contributed by atoms with Gasteiger partial charge in [-0.15, -0.1) is 0 Å². The van der Waals surface area contributed by atoms with Crippen LogP contribution in [0.15, 0.2) is 10.6 Å². The van der Waals surface area contributed by atoms with Crippen LogP contribution in [0.25, 0.3) is 11.0 Å². The molecular formula is C14H15F2IN2O4S. The fraction of sp³-hybridized carbons (Fsp3) is 0.500. The lowest BCUT2D eigenvalue weighted by Gasteiger charge is -2.18. The molecule has 3 rings (SSSR count). The third-order valence-electron chi connectivity index (χ3n) is 3.89. The molecule has 132 valence electrons. The molecule has 1 aromatic heterocycles. The van der Waals surface area contributed by atoms with E-state index in [-0.39, 0.29) is 20.2 Å². The lowest BCUT2D eigenvalue weighted by molar-refractivity contribution is -0.168. The molecule has 0 saturated carbocycles. The summed E-state index contributed by atoms with van der Waals surface area (Å²) in [6, 6.07) is 1.33. The van der Waals surface area contributed by atoms with Crippen LogP contribution in [-0.2, 0) is 20.4 Å². The molecule has 0 spiro atoms. The molecule has 0 aliphatic carbocycles. The summed E-state index contributed by atoms with van der Waals surface area (Å²) < 4.78 is 57.7. The number of rotatable bonds is 3. The van der Waals surface area contributed by atoms with Crippen molar-refractivity contribution in [3.8, 4) is 0 Å². The molecule has 10 heteroatoms. The molecule has 2 aromatic rings. The van der Waals surface area contributed by atoms with Crippen molar-refractivity contribution in [2.24, 2.45) is 0 Å². The number of hydroxylamine groups is 2. The van der Waals surface area contributed by atoms with E-state index in [1.54, 1.807) is 43.5 Å². The number of aromatic nitrogens is 1. The zero-order chi connectivity index (χ0) is 17.9. The lowest BCUT2D eigenvalue weighted by Crippen LogP contribution is -2.33. The molecule has 0 amide bonds. The summed E-state index contributed by atoms with van der Waals surface area (Å²) in [5.74, 6) is -2.66. The minimum atomic E-state index is -3.67. The highest BCUT2D eigenvalue weighted by Crippen LogP contribution is 2.34. The zero-order valence-electron chi connectivity index (χ0n) is 13.1. The van der Waals surface area contributed by atoms with Gasteiger partial charge < -0.3 is 4.52 Å². The molecule has 0 N–H and O–H groups in total. The van der Waals surface area contributed by atoms with Crippen molar-refractivity contribution < 1.29 is 26.6 Å². The van der Waals surface area contributed by atoms with Gasteiger partial charge in [-0.2, -0.15) is 9.45 Å². The van der Waals surface area contributed by atoms with E-state index >= 15 is 0 Å². The van der Waals surface area contributed by atoms with Crippen LogP contribution in [0.1, 0.15) is 26.0 Å². The average molecular weight is 472 g/mol. The predicted molar refractivity (Wildman–Crippen MR) is 90.6 cm³/mol. The van der Waals surface area contributed by atoms with Gasteiger partial charge in [-0.25, -0.2) is 12.8 Å². The van der Waals surface area contributed by atoms with Crippen molar-refractivity contribution in [3.05, 3.63) is 27.0 Å². The van der Waals surface area contributed by atoms with Gasteiger partial charge in [0.05, 0.1) is 20.3 Å². The summed E-state index contributed by atoms with van der Waals surface area (Å²) in [5.41, 5.74) is -0.919. The quantitative estimate of drug-likeness (QED) is 0.506. The van der Waals surface area contributed by atoms with Crippen LogP contribution in [-0.4, -0.2) is 36.7 Å². The van der Waals surface area contributed by atoms with Crippen LogP contribution in [0.3, 0.4) is 0 Å².